The van der Waals surface area contributed by atoms with Crippen LogP contribution >= 0.6 is 0 Å². The molecule has 7 nitrogen and oxygen atoms in total. The summed E-state index contributed by atoms with van der Waals surface area (Å²) >= 11 is 0. The monoisotopic (exact) mass is 421 g/mol. The lowest BCUT2D eigenvalue weighted by molar-refractivity contribution is -0.139. The quantitative estimate of drug-likeness (QED) is 0.562. The molecule has 1 saturated heterocycles. The standard InChI is InChI=1S/C21H31N3O4S/c1-16-10-12-19(13-11-16)29(27,28)24-14-6-9-18(24)15-22-20(25)21(26)23-17-7-4-2-3-5-8-17/h10-13,17-18H,2-9,14-15H2,1H3,(H,22,25)(H,23,26)/t18-/m0/s1. The average molecular weight is 422 g/mol. The van der Waals surface area contributed by atoms with E-state index in [1.807, 2.05) is 6.92 Å². The molecule has 0 spiro atoms. The molecule has 1 saturated carbocycles. The second-order valence-electron chi connectivity index (χ2n) is 8.10. The van der Waals surface area contributed by atoms with Crippen molar-refractivity contribution in [2.45, 2.75) is 75.3 Å². The summed E-state index contributed by atoms with van der Waals surface area (Å²) in [4.78, 5) is 24.7. The van der Waals surface area contributed by atoms with Crippen molar-refractivity contribution in [3.05, 3.63) is 29.8 Å². The van der Waals surface area contributed by atoms with Gasteiger partial charge in [-0.2, -0.15) is 4.31 Å². The van der Waals surface area contributed by atoms with Crippen LogP contribution in [0.3, 0.4) is 0 Å². The number of aryl methyl sites for hydroxylation is 1. The first-order chi connectivity index (χ1) is 13.9. The van der Waals surface area contributed by atoms with Gasteiger partial charge >= 0.3 is 11.8 Å². The van der Waals surface area contributed by atoms with E-state index in [0.717, 1.165) is 37.7 Å². The van der Waals surface area contributed by atoms with Gasteiger partial charge in [-0.1, -0.05) is 43.4 Å². The van der Waals surface area contributed by atoms with Gasteiger partial charge in [-0.3, -0.25) is 9.59 Å². The minimum atomic E-state index is -3.62. The van der Waals surface area contributed by atoms with Crippen molar-refractivity contribution < 1.29 is 18.0 Å². The molecule has 29 heavy (non-hydrogen) atoms. The molecule has 1 aromatic rings. The van der Waals surface area contributed by atoms with Crippen LogP contribution in [0.2, 0.25) is 0 Å². The first-order valence-corrected chi connectivity index (χ1v) is 12.0. The van der Waals surface area contributed by atoms with Crippen LogP contribution in [0, 0.1) is 6.92 Å². The van der Waals surface area contributed by atoms with E-state index in [9.17, 15) is 18.0 Å². The van der Waals surface area contributed by atoms with Crippen LogP contribution in [0.15, 0.2) is 29.2 Å². The van der Waals surface area contributed by atoms with Gasteiger partial charge in [-0.05, 0) is 44.7 Å². The van der Waals surface area contributed by atoms with Crippen molar-refractivity contribution >= 4 is 21.8 Å². The number of sulfonamides is 1. The third kappa shape index (κ3) is 5.57. The summed E-state index contributed by atoms with van der Waals surface area (Å²) in [5, 5.41) is 5.46. The zero-order valence-electron chi connectivity index (χ0n) is 17.0. The Bertz CT molecular complexity index is 815. The topological polar surface area (TPSA) is 95.6 Å². The maximum absolute atomic E-state index is 13.0. The van der Waals surface area contributed by atoms with Gasteiger partial charge in [0.15, 0.2) is 0 Å². The zero-order valence-corrected chi connectivity index (χ0v) is 17.8. The molecule has 1 aromatic carbocycles. The molecule has 0 unspecified atom stereocenters. The molecule has 0 radical (unpaired) electrons. The largest absolute Gasteiger partial charge is 0.346 e. The molecule has 0 bridgehead atoms. The maximum atomic E-state index is 13.0. The zero-order chi connectivity index (χ0) is 20.9. The van der Waals surface area contributed by atoms with Gasteiger partial charge in [0.1, 0.15) is 0 Å². The van der Waals surface area contributed by atoms with Crippen molar-refractivity contribution in [2.75, 3.05) is 13.1 Å². The summed E-state index contributed by atoms with van der Waals surface area (Å²) in [5.74, 6) is -1.31. The van der Waals surface area contributed by atoms with Crippen molar-refractivity contribution in [3.8, 4) is 0 Å². The van der Waals surface area contributed by atoms with E-state index in [4.69, 9.17) is 0 Å². The fourth-order valence-electron chi connectivity index (χ4n) is 4.14. The van der Waals surface area contributed by atoms with Crippen LogP contribution in [0.5, 0.6) is 0 Å². The molecule has 2 fully saturated rings. The van der Waals surface area contributed by atoms with Gasteiger partial charge in [-0.15, -0.1) is 0 Å². The van der Waals surface area contributed by atoms with Crippen molar-refractivity contribution in [3.63, 3.8) is 0 Å². The van der Waals surface area contributed by atoms with Crippen molar-refractivity contribution in [2.24, 2.45) is 0 Å². The SMILES string of the molecule is Cc1ccc(S(=O)(=O)N2CCC[C@H]2CNC(=O)C(=O)NC2CCCCCC2)cc1. The number of hydrogen-bond donors (Lipinski definition) is 2. The average Bonchev–Trinajstić information content (AvgIpc) is 3.04. The Morgan fingerprint density at radius 1 is 0.966 bits per heavy atom. The van der Waals surface area contributed by atoms with Crippen LogP contribution < -0.4 is 10.6 Å². The Kier molecular flexibility index (Phi) is 7.29. The molecule has 1 aliphatic carbocycles. The van der Waals surface area contributed by atoms with E-state index in [2.05, 4.69) is 10.6 Å². The normalized spacial score (nSPS) is 21.5. The van der Waals surface area contributed by atoms with E-state index in [1.165, 1.54) is 17.1 Å². The summed E-state index contributed by atoms with van der Waals surface area (Å²) in [6, 6.07) is 6.49. The number of hydrogen-bond acceptors (Lipinski definition) is 4. The Balaban J connectivity index is 1.55. The van der Waals surface area contributed by atoms with E-state index in [-0.39, 0.29) is 23.5 Å². The number of nitrogens with one attached hydrogen (secondary N) is 2. The van der Waals surface area contributed by atoms with Gasteiger partial charge in [-0.25, -0.2) is 8.42 Å². The fraction of sp³-hybridized carbons (Fsp3) is 0.619. The predicted octanol–water partition coefficient (Wildman–Crippen LogP) is 2.10. The lowest BCUT2D eigenvalue weighted by atomic mass is 10.1. The number of carbonyl (C=O) groups excluding carboxylic acids is 2. The molecule has 1 atom stereocenters. The molecule has 3 rings (SSSR count). The Morgan fingerprint density at radius 2 is 1.62 bits per heavy atom. The van der Waals surface area contributed by atoms with Crippen LogP contribution in [-0.2, 0) is 19.6 Å². The number of amides is 2. The maximum Gasteiger partial charge on any atom is 0.309 e. The van der Waals surface area contributed by atoms with Gasteiger partial charge in [0, 0.05) is 25.2 Å². The third-order valence-corrected chi connectivity index (χ3v) is 7.81. The van der Waals surface area contributed by atoms with Crippen molar-refractivity contribution in [1.29, 1.82) is 0 Å². The minimum absolute atomic E-state index is 0.0562. The molecule has 1 aliphatic heterocycles. The second kappa shape index (κ2) is 9.71. The summed E-state index contributed by atoms with van der Waals surface area (Å²) in [6.07, 6.45) is 7.70. The number of rotatable bonds is 5. The molecule has 160 valence electrons. The summed E-state index contributed by atoms with van der Waals surface area (Å²) in [6.45, 7) is 2.47. The number of nitrogens with zero attached hydrogens (tertiary/aromatic N) is 1. The molecule has 2 amide bonds. The van der Waals surface area contributed by atoms with E-state index in [0.29, 0.717) is 13.0 Å². The van der Waals surface area contributed by atoms with Crippen LogP contribution in [0.4, 0.5) is 0 Å². The third-order valence-electron chi connectivity index (χ3n) is 5.85. The van der Waals surface area contributed by atoms with Crippen molar-refractivity contribution in [1.82, 2.24) is 14.9 Å². The summed E-state index contributed by atoms with van der Waals surface area (Å²) in [7, 11) is -3.62. The molecule has 1 heterocycles. The van der Waals surface area contributed by atoms with Crippen LogP contribution in [0.25, 0.3) is 0 Å². The molecule has 8 heteroatoms. The van der Waals surface area contributed by atoms with Gasteiger partial charge < -0.3 is 10.6 Å². The molecule has 0 aromatic heterocycles. The number of benzene rings is 1. The van der Waals surface area contributed by atoms with E-state index in [1.54, 1.807) is 24.3 Å². The lowest BCUT2D eigenvalue weighted by Gasteiger charge is -2.24. The Hall–Kier alpha value is -1.93. The highest BCUT2D eigenvalue weighted by molar-refractivity contribution is 7.89. The Morgan fingerprint density at radius 3 is 2.28 bits per heavy atom. The lowest BCUT2D eigenvalue weighted by Crippen LogP contribution is -2.48. The van der Waals surface area contributed by atoms with E-state index >= 15 is 0 Å². The number of carbonyl (C=O) groups is 2. The highest BCUT2D eigenvalue weighted by Crippen LogP contribution is 2.26. The van der Waals surface area contributed by atoms with Crippen LogP contribution in [-0.4, -0.2) is 49.7 Å². The van der Waals surface area contributed by atoms with Gasteiger partial charge in [0.05, 0.1) is 4.90 Å². The first kappa shape index (κ1) is 21.8. The first-order valence-electron chi connectivity index (χ1n) is 10.5. The highest BCUT2D eigenvalue weighted by Gasteiger charge is 2.35. The molecule has 2 N–H and O–H groups in total. The summed E-state index contributed by atoms with van der Waals surface area (Å²) in [5.41, 5.74) is 0.994. The summed E-state index contributed by atoms with van der Waals surface area (Å²) < 4.78 is 27.4. The minimum Gasteiger partial charge on any atom is -0.346 e. The molecular formula is C21H31N3O4S. The van der Waals surface area contributed by atoms with Gasteiger partial charge in [0.25, 0.3) is 0 Å². The fourth-order valence-corrected chi connectivity index (χ4v) is 5.83. The van der Waals surface area contributed by atoms with Gasteiger partial charge in [0.2, 0.25) is 10.0 Å². The van der Waals surface area contributed by atoms with Crippen LogP contribution in [0.1, 0.15) is 56.9 Å². The Labute approximate surface area is 173 Å². The molecular weight excluding hydrogens is 390 g/mol. The smallest absolute Gasteiger partial charge is 0.309 e. The second-order valence-corrected chi connectivity index (χ2v) is 9.99. The highest BCUT2D eigenvalue weighted by atomic mass is 32.2. The van der Waals surface area contributed by atoms with E-state index < -0.39 is 21.8 Å². The predicted molar refractivity (Wildman–Crippen MR) is 111 cm³/mol. The molecule has 2 aliphatic rings.